The van der Waals surface area contributed by atoms with E-state index in [-0.39, 0.29) is 11.5 Å². The number of hydrogen-bond acceptors (Lipinski definition) is 3. The molecule has 0 atom stereocenters. The first-order valence-electron chi connectivity index (χ1n) is 11.0. The quantitative estimate of drug-likeness (QED) is 0.345. The van der Waals surface area contributed by atoms with E-state index in [1.807, 2.05) is 12.1 Å². The molecule has 0 aliphatic heterocycles. The third kappa shape index (κ3) is 6.19. The highest BCUT2D eigenvalue weighted by molar-refractivity contribution is 5.91. The van der Waals surface area contributed by atoms with Crippen LogP contribution < -0.4 is 9.47 Å². The largest absolute Gasteiger partial charge is 0.491 e. The molecule has 0 amide bonds. The Morgan fingerprint density at radius 1 is 1.07 bits per heavy atom. The zero-order valence-corrected chi connectivity index (χ0v) is 17.9. The van der Waals surface area contributed by atoms with Gasteiger partial charge in [-0.15, -0.1) is 0 Å². The van der Waals surface area contributed by atoms with Crippen molar-refractivity contribution in [3.05, 3.63) is 65.5 Å². The number of ether oxygens (including phenoxy) is 2. The molecule has 2 aromatic carbocycles. The molecule has 4 heteroatoms. The molecule has 0 heterocycles. The van der Waals surface area contributed by atoms with Gasteiger partial charge in [-0.2, -0.15) is 0 Å². The summed E-state index contributed by atoms with van der Waals surface area (Å²) in [5.74, 6) is 0.802. The highest BCUT2D eigenvalue weighted by Gasteiger charge is 2.18. The summed E-state index contributed by atoms with van der Waals surface area (Å²) in [5.41, 5.74) is 1.50. The average Bonchev–Trinajstić information content (AvgIpc) is 2.76. The lowest BCUT2D eigenvalue weighted by atomic mass is 9.80. The minimum Gasteiger partial charge on any atom is -0.491 e. The van der Waals surface area contributed by atoms with Gasteiger partial charge in [0.1, 0.15) is 5.75 Å². The van der Waals surface area contributed by atoms with Gasteiger partial charge < -0.3 is 9.47 Å². The van der Waals surface area contributed by atoms with Gasteiger partial charge >= 0.3 is 5.97 Å². The molecule has 2 aromatic rings. The van der Waals surface area contributed by atoms with Gasteiger partial charge in [0.05, 0.1) is 12.2 Å². The molecule has 0 N–H and O–H groups in total. The van der Waals surface area contributed by atoms with Crippen molar-refractivity contribution in [3.8, 4) is 11.5 Å². The third-order valence-electron chi connectivity index (χ3n) is 5.71. The van der Waals surface area contributed by atoms with Gasteiger partial charge in [0.25, 0.3) is 0 Å². The van der Waals surface area contributed by atoms with Crippen LogP contribution in [0.1, 0.15) is 68.3 Å². The molecule has 0 aromatic heterocycles. The minimum absolute atomic E-state index is 0.146. The predicted octanol–water partition coefficient (Wildman–Crippen LogP) is 7.06. The van der Waals surface area contributed by atoms with Crippen LogP contribution in [-0.2, 0) is 0 Å². The van der Waals surface area contributed by atoms with E-state index in [0.717, 1.165) is 17.5 Å². The predicted molar refractivity (Wildman–Crippen MR) is 118 cm³/mol. The van der Waals surface area contributed by atoms with Crippen LogP contribution in [0.2, 0.25) is 0 Å². The number of allylic oxidation sites excluding steroid dienone is 1. The van der Waals surface area contributed by atoms with Crippen molar-refractivity contribution in [2.45, 2.75) is 52.4 Å². The Balaban J connectivity index is 1.54. The average molecular weight is 411 g/mol. The number of esters is 1. The Kier molecular flexibility index (Phi) is 8.06. The third-order valence-corrected chi connectivity index (χ3v) is 5.71. The van der Waals surface area contributed by atoms with E-state index in [9.17, 15) is 9.18 Å². The normalized spacial score (nSPS) is 19.0. The van der Waals surface area contributed by atoms with Crippen LogP contribution in [0.5, 0.6) is 11.5 Å². The van der Waals surface area contributed by atoms with Crippen LogP contribution in [0.15, 0.2) is 48.5 Å². The van der Waals surface area contributed by atoms with Gasteiger partial charge in [0.2, 0.25) is 0 Å². The molecule has 0 spiro atoms. The minimum atomic E-state index is -0.550. The summed E-state index contributed by atoms with van der Waals surface area (Å²) in [6.07, 6.45) is 12.3. The molecule has 1 aliphatic carbocycles. The van der Waals surface area contributed by atoms with Crippen molar-refractivity contribution in [3.63, 3.8) is 0 Å². The van der Waals surface area contributed by atoms with Crippen molar-refractivity contribution in [1.82, 2.24) is 0 Å². The highest BCUT2D eigenvalue weighted by atomic mass is 19.1. The topological polar surface area (TPSA) is 35.5 Å². The van der Waals surface area contributed by atoms with E-state index < -0.39 is 11.8 Å². The zero-order chi connectivity index (χ0) is 21.3. The van der Waals surface area contributed by atoms with Crippen molar-refractivity contribution >= 4 is 12.0 Å². The lowest BCUT2D eigenvalue weighted by molar-refractivity contribution is 0.0734. The molecule has 0 unspecified atom stereocenters. The van der Waals surface area contributed by atoms with E-state index >= 15 is 0 Å². The molecular weight excluding hydrogens is 379 g/mol. The van der Waals surface area contributed by atoms with Gasteiger partial charge in [0.15, 0.2) is 11.6 Å². The van der Waals surface area contributed by atoms with Gasteiger partial charge in [-0.25, -0.2) is 9.18 Å². The molecule has 3 rings (SSSR count). The van der Waals surface area contributed by atoms with Crippen LogP contribution >= 0.6 is 0 Å². The molecule has 0 radical (unpaired) electrons. The van der Waals surface area contributed by atoms with Crippen molar-refractivity contribution < 1.29 is 18.7 Å². The van der Waals surface area contributed by atoms with Gasteiger partial charge in [-0.1, -0.05) is 44.1 Å². The Morgan fingerprint density at radius 2 is 1.80 bits per heavy atom. The Bertz CT molecular complexity index is 849. The Labute approximate surface area is 178 Å². The lowest BCUT2D eigenvalue weighted by Crippen LogP contribution is -2.12. The van der Waals surface area contributed by atoms with Gasteiger partial charge in [0, 0.05) is 6.07 Å². The fraction of sp³-hybridized carbons (Fsp3) is 0.423. The highest BCUT2D eigenvalue weighted by Crippen LogP contribution is 2.32. The lowest BCUT2D eigenvalue weighted by Gasteiger charge is -2.26. The molecule has 1 aliphatic rings. The fourth-order valence-electron chi connectivity index (χ4n) is 4.04. The molecule has 3 nitrogen and oxygen atoms in total. The second-order valence-electron chi connectivity index (χ2n) is 7.97. The maximum atomic E-state index is 13.9. The summed E-state index contributed by atoms with van der Waals surface area (Å²) in [7, 11) is 0. The van der Waals surface area contributed by atoms with Crippen molar-refractivity contribution in [2.75, 3.05) is 6.61 Å². The number of carbonyl (C=O) groups excluding carboxylic acids is 1. The summed E-state index contributed by atoms with van der Waals surface area (Å²) in [4.78, 5) is 12.3. The van der Waals surface area contributed by atoms with Crippen LogP contribution in [0.4, 0.5) is 4.39 Å². The fourth-order valence-corrected chi connectivity index (χ4v) is 4.04. The molecule has 0 saturated heterocycles. The van der Waals surface area contributed by atoms with Crippen molar-refractivity contribution in [2.24, 2.45) is 11.8 Å². The van der Waals surface area contributed by atoms with Crippen LogP contribution in [0.3, 0.4) is 0 Å². The van der Waals surface area contributed by atoms with Crippen LogP contribution in [0, 0.1) is 17.7 Å². The molecule has 1 fully saturated rings. The van der Waals surface area contributed by atoms with Crippen LogP contribution in [0.25, 0.3) is 6.08 Å². The zero-order valence-electron chi connectivity index (χ0n) is 17.9. The number of rotatable bonds is 8. The van der Waals surface area contributed by atoms with E-state index in [4.69, 9.17) is 9.47 Å². The summed E-state index contributed by atoms with van der Waals surface area (Å²) in [6.45, 7) is 4.42. The SMILES string of the molecule is CCCC1CCC(/C=C/c2ccc(C(=O)Oc3ccc(OCC)c(F)c3)cc2)CC1. The summed E-state index contributed by atoms with van der Waals surface area (Å²) in [5, 5.41) is 0. The monoisotopic (exact) mass is 410 g/mol. The standard InChI is InChI=1S/C26H31FO3/c1-3-5-19-6-8-20(9-7-19)10-11-21-12-14-22(15-13-21)26(28)30-23-16-17-25(29-4-2)24(27)18-23/h10-20H,3-9H2,1-2H3/b11-10+. The molecule has 0 bridgehead atoms. The van der Waals surface area contributed by atoms with Crippen molar-refractivity contribution in [1.29, 1.82) is 0 Å². The summed E-state index contributed by atoms with van der Waals surface area (Å²) >= 11 is 0. The smallest absolute Gasteiger partial charge is 0.343 e. The summed E-state index contributed by atoms with van der Waals surface area (Å²) < 4.78 is 24.4. The number of carbonyl (C=O) groups is 1. The molecular formula is C26H31FO3. The van der Waals surface area contributed by atoms with E-state index in [0.29, 0.717) is 18.1 Å². The number of benzene rings is 2. The van der Waals surface area contributed by atoms with E-state index in [1.165, 1.54) is 50.7 Å². The van der Waals surface area contributed by atoms with Gasteiger partial charge in [-0.3, -0.25) is 0 Å². The summed E-state index contributed by atoms with van der Waals surface area (Å²) in [6, 6.07) is 11.5. The maximum Gasteiger partial charge on any atom is 0.343 e. The number of hydrogen-bond donors (Lipinski definition) is 0. The van der Waals surface area contributed by atoms with Gasteiger partial charge in [-0.05, 0) is 74.3 Å². The molecule has 160 valence electrons. The number of halogens is 1. The Hall–Kier alpha value is -2.62. The Morgan fingerprint density at radius 3 is 2.43 bits per heavy atom. The maximum absolute atomic E-state index is 13.9. The van der Waals surface area contributed by atoms with E-state index in [2.05, 4.69) is 19.1 Å². The first kappa shape index (κ1) is 22.1. The molecule has 30 heavy (non-hydrogen) atoms. The molecule has 1 saturated carbocycles. The first-order chi connectivity index (χ1) is 14.6. The van der Waals surface area contributed by atoms with Crippen LogP contribution in [-0.4, -0.2) is 12.6 Å². The second-order valence-corrected chi connectivity index (χ2v) is 7.97. The second kappa shape index (κ2) is 11.0. The van der Waals surface area contributed by atoms with E-state index in [1.54, 1.807) is 19.1 Å². The first-order valence-corrected chi connectivity index (χ1v) is 11.0.